The van der Waals surface area contributed by atoms with Gasteiger partial charge in [0.15, 0.2) is 11.5 Å². The molecule has 8 heteroatoms. The largest absolute Gasteiger partial charge is 0.490 e. The zero-order chi connectivity index (χ0) is 21.7. The van der Waals surface area contributed by atoms with E-state index in [1.807, 2.05) is 26.0 Å². The van der Waals surface area contributed by atoms with Gasteiger partial charge in [-0.2, -0.15) is 0 Å². The fourth-order valence-corrected chi connectivity index (χ4v) is 3.98. The van der Waals surface area contributed by atoms with Crippen molar-refractivity contribution in [3.8, 4) is 11.5 Å². The van der Waals surface area contributed by atoms with E-state index in [1.165, 1.54) is 4.90 Å². The number of carbonyl (C=O) groups excluding carboxylic acids is 2. The van der Waals surface area contributed by atoms with E-state index in [0.717, 1.165) is 29.3 Å². The Bertz CT molecular complexity index is 993. The summed E-state index contributed by atoms with van der Waals surface area (Å²) in [5.74, 6) is 0.915. The van der Waals surface area contributed by atoms with E-state index < -0.39 is 0 Å². The molecule has 2 aromatic rings. The molecule has 1 aliphatic rings. The molecular formula is C22H21Cl2NO4S. The van der Waals surface area contributed by atoms with Gasteiger partial charge in [0.05, 0.1) is 34.7 Å². The maximum absolute atomic E-state index is 12.8. The number of hydrogen-bond donors (Lipinski definition) is 0. The molecule has 1 heterocycles. The maximum atomic E-state index is 12.8. The number of nitrogens with zero attached hydrogens (tertiary/aromatic N) is 1. The van der Waals surface area contributed by atoms with Crippen molar-refractivity contribution in [1.29, 1.82) is 0 Å². The molecule has 0 bridgehead atoms. The summed E-state index contributed by atoms with van der Waals surface area (Å²) < 4.78 is 11.4. The number of thioether (sulfide) groups is 1. The van der Waals surface area contributed by atoms with E-state index in [2.05, 4.69) is 0 Å². The van der Waals surface area contributed by atoms with Gasteiger partial charge >= 0.3 is 0 Å². The lowest BCUT2D eigenvalue weighted by molar-refractivity contribution is -0.123. The fourth-order valence-electron chi connectivity index (χ4n) is 2.82. The van der Waals surface area contributed by atoms with Crippen LogP contribution in [-0.4, -0.2) is 29.3 Å². The quantitative estimate of drug-likeness (QED) is 0.421. The second-order valence-corrected chi connectivity index (χ2v) is 8.31. The summed E-state index contributed by atoms with van der Waals surface area (Å²) in [4.78, 5) is 26.7. The molecule has 1 saturated heterocycles. The Hall–Kier alpha value is -2.15. The number of rotatable bonds is 8. The van der Waals surface area contributed by atoms with Crippen LogP contribution in [0.3, 0.4) is 0 Å². The normalized spacial score (nSPS) is 15.2. The minimum absolute atomic E-state index is 0.132. The number of ether oxygens (including phenoxy) is 2. The topological polar surface area (TPSA) is 55.8 Å². The van der Waals surface area contributed by atoms with Crippen molar-refractivity contribution in [3.05, 3.63) is 62.5 Å². The Balaban J connectivity index is 1.80. The van der Waals surface area contributed by atoms with Gasteiger partial charge in [-0.15, -0.1) is 0 Å². The monoisotopic (exact) mass is 465 g/mol. The first-order valence-corrected chi connectivity index (χ1v) is 11.1. The van der Waals surface area contributed by atoms with Crippen LogP contribution in [0.1, 0.15) is 31.4 Å². The average Bonchev–Trinajstić information content (AvgIpc) is 2.98. The van der Waals surface area contributed by atoms with Crippen molar-refractivity contribution in [2.24, 2.45) is 0 Å². The predicted octanol–water partition coefficient (Wildman–Crippen LogP) is 6.42. The first kappa shape index (κ1) is 22.5. The van der Waals surface area contributed by atoms with E-state index in [4.69, 9.17) is 32.7 Å². The zero-order valence-electron chi connectivity index (χ0n) is 16.6. The highest BCUT2D eigenvalue weighted by atomic mass is 35.5. The lowest BCUT2D eigenvalue weighted by Gasteiger charge is -2.13. The predicted molar refractivity (Wildman–Crippen MR) is 121 cm³/mol. The number of carbonyl (C=O) groups is 2. The average molecular weight is 466 g/mol. The third-order valence-electron chi connectivity index (χ3n) is 4.23. The maximum Gasteiger partial charge on any atom is 0.293 e. The number of amides is 2. The molecule has 0 saturated carbocycles. The smallest absolute Gasteiger partial charge is 0.293 e. The van der Waals surface area contributed by atoms with Gasteiger partial charge in [-0.3, -0.25) is 14.5 Å². The molecule has 0 atom stereocenters. The van der Waals surface area contributed by atoms with Gasteiger partial charge in [-0.05, 0) is 66.6 Å². The molecule has 3 rings (SSSR count). The third kappa shape index (κ3) is 5.31. The van der Waals surface area contributed by atoms with Crippen LogP contribution in [0.15, 0.2) is 41.3 Å². The Labute approximate surface area is 189 Å². The molecule has 0 aromatic heterocycles. The summed E-state index contributed by atoms with van der Waals surface area (Å²) >= 11 is 12.9. The molecular weight excluding hydrogens is 445 g/mol. The van der Waals surface area contributed by atoms with Crippen molar-refractivity contribution in [2.45, 2.75) is 26.8 Å². The van der Waals surface area contributed by atoms with E-state index in [0.29, 0.717) is 39.7 Å². The van der Waals surface area contributed by atoms with Crippen molar-refractivity contribution in [2.75, 3.05) is 13.2 Å². The number of imide groups is 1. The molecule has 0 aliphatic carbocycles. The summed E-state index contributed by atoms with van der Waals surface area (Å²) in [6.07, 6.45) is 2.57. The zero-order valence-corrected chi connectivity index (χ0v) is 18.9. The van der Waals surface area contributed by atoms with Gasteiger partial charge in [0, 0.05) is 0 Å². The molecule has 5 nitrogen and oxygen atoms in total. The molecule has 1 fully saturated rings. The first-order chi connectivity index (χ1) is 14.4. The van der Waals surface area contributed by atoms with Crippen LogP contribution in [0.25, 0.3) is 6.08 Å². The molecule has 0 radical (unpaired) electrons. The number of benzene rings is 2. The molecule has 30 heavy (non-hydrogen) atoms. The molecule has 0 unspecified atom stereocenters. The SMILES string of the molecule is CCCOc1ccc(/C=C2\SC(=O)N(Cc3ccc(Cl)c(Cl)c3)C2=O)cc1OCC. The number of hydrogen-bond acceptors (Lipinski definition) is 5. The highest BCUT2D eigenvalue weighted by Crippen LogP contribution is 2.36. The first-order valence-electron chi connectivity index (χ1n) is 9.51. The van der Waals surface area contributed by atoms with Crippen LogP contribution in [0, 0.1) is 0 Å². The molecule has 2 aromatic carbocycles. The van der Waals surface area contributed by atoms with E-state index in [9.17, 15) is 9.59 Å². The Morgan fingerprint density at radius 3 is 2.50 bits per heavy atom. The van der Waals surface area contributed by atoms with Crippen LogP contribution < -0.4 is 9.47 Å². The van der Waals surface area contributed by atoms with E-state index in [-0.39, 0.29) is 17.7 Å². The van der Waals surface area contributed by atoms with Gasteiger partial charge < -0.3 is 9.47 Å². The number of halogens is 2. The van der Waals surface area contributed by atoms with Crippen LogP contribution in [0.2, 0.25) is 10.0 Å². The second-order valence-electron chi connectivity index (χ2n) is 6.50. The van der Waals surface area contributed by atoms with Crippen molar-refractivity contribution < 1.29 is 19.1 Å². The summed E-state index contributed by atoms with van der Waals surface area (Å²) in [6.45, 7) is 5.14. The fraction of sp³-hybridized carbons (Fsp3) is 0.273. The summed E-state index contributed by atoms with van der Waals surface area (Å²) in [5, 5.41) is 0.474. The standard InChI is InChI=1S/C22H21Cl2NO4S/c1-3-9-29-18-8-6-14(11-19(18)28-4-2)12-20-21(26)25(22(27)30-20)13-15-5-7-16(23)17(24)10-15/h5-8,10-12H,3-4,9,13H2,1-2H3/b20-12-. The van der Waals surface area contributed by atoms with Crippen LogP contribution in [-0.2, 0) is 11.3 Å². The third-order valence-corrected chi connectivity index (χ3v) is 5.87. The van der Waals surface area contributed by atoms with Crippen LogP contribution in [0.4, 0.5) is 4.79 Å². The van der Waals surface area contributed by atoms with Gasteiger partial charge in [-0.25, -0.2) is 0 Å². The van der Waals surface area contributed by atoms with Gasteiger partial charge in [0.2, 0.25) is 0 Å². The van der Waals surface area contributed by atoms with E-state index >= 15 is 0 Å². The molecule has 0 spiro atoms. The van der Waals surface area contributed by atoms with Gasteiger partial charge in [-0.1, -0.05) is 42.3 Å². The van der Waals surface area contributed by atoms with Crippen molar-refractivity contribution in [3.63, 3.8) is 0 Å². The summed E-state index contributed by atoms with van der Waals surface area (Å²) in [5.41, 5.74) is 1.48. The molecule has 0 N–H and O–H groups in total. The highest BCUT2D eigenvalue weighted by Gasteiger charge is 2.35. The Morgan fingerprint density at radius 1 is 1.00 bits per heavy atom. The van der Waals surface area contributed by atoms with Gasteiger partial charge in [0.25, 0.3) is 11.1 Å². The van der Waals surface area contributed by atoms with Crippen LogP contribution >= 0.6 is 35.0 Å². The van der Waals surface area contributed by atoms with Gasteiger partial charge in [0.1, 0.15) is 0 Å². The van der Waals surface area contributed by atoms with E-state index in [1.54, 1.807) is 30.3 Å². The van der Waals surface area contributed by atoms with Crippen molar-refractivity contribution >= 4 is 52.2 Å². The van der Waals surface area contributed by atoms with Crippen LogP contribution in [0.5, 0.6) is 11.5 Å². The lowest BCUT2D eigenvalue weighted by Crippen LogP contribution is -2.27. The summed E-state index contributed by atoms with van der Waals surface area (Å²) in [7, 11) is 0. The molecule has 1 aliphatic heterocycles. The lowest BCUT2D eigenvalue weighted by atomic mass is 10.1. The highest BCUT2D eigenvalue weighted by molar-refractivity contribution is 8.18. The Kier molecular flexibility index (Phi) is 7.69. The Morgan fingerprint density at radius 2 is 1.80 bits per heavy atom. The molecule has 158 valence electrons. The minimum atomic E-state index is -0.347. The summed E-state index contributed by atoms with van der Waals surface area (Å²) in [6, 6.07) is 10.5. The molecule has 2 amide bonds. The second kappa shape index (κ2) is 10.2. The minimum Gasteiger partial charge on any atom is -0.490 e. The van der Waals surface area contributed by atoms with Crippen molar-refractivity contribution in [1.82, 2.24) is 4.90 Å².